The molecule has 0 aliphatic heterocycles. The minimum atomic E-state index is -0.716. The summed E-state index contributed by atoms with van der Waals surface area (Å²) >= 11 is 0. The Balaban J connectivity index is 3.03. The summed E-state index contributed by atoms with van der Waals surface area (Å²) in [6.07, 6.45) is 0.853. The predicted molar refractivity (Wildman–Crippen MR) is 50.4 cm³/mol. The van der Waals surface area contributed by atoms with Gasteiger partial charge in [-0.3, -0.25) is 0 Å². The summed E-state index contributed by atoms with van der Waals surface area (Å²) in [7, 11) is 0. The van der Waals surface area contributed by atoms with Crippen molar-refractivity contribution in [3.8, 4) is 5.75 Å². The number of phenolic OH excluding ortho intramolecular Hbond substituents is 1. The second-order valence-electron chi connectivity index (χ2n) is 3.01. The normalized spacial score (nSPS) is 12.8. The first-order valence-electron chi connectivity index (χ1n) is 4.32. The largest absolute Gasteiger partial charge is 0.508 e. The number of aryl methyl sites for hydroxylation is 1. The van der Waals surface area contributed by atoms with E-state index in [1.165, 1.54) is 0 Å². The van der Waals surface area contributed by atoms with Gasteiger partial charge < -0.3 is 10.8 Å². The summed E-state index contributed by atoms with van der Waals surface area (Å²) in [5.74, 6) is 0.0716. The Kier molecular flexibility index (Phi) is 3.25. The SMILES string of the molecule is CCc1ccc(O)c(C(N)CF)c1. The molecule has 0 fully saturated rings. The minimum Gasteiger partial charge on any atom is -0.508 e. The highest BCUT2D eigenvalue weighted by Gasteiger charge is 2.10. The summed E-state index contributed by atoms with van der Waals surface area (Å²) in [4.78, 5) is 0. The van der Waals surface area contributed by atoms with E-state index in [4.69, 9.17) is 5.73 Å². The summed E-state index contributed by atoms with van der Waals surface area (Å²) in [5, 5.41) is 9.39. The van der Waals surface area contributed by atoms with Gasteiger partial charge in [0.15, 0.2) is 0 Å². The van der Waals surface area contributed by atoms with E-state index < -0.39 is 12.7 Å². The molecule has 0 bridgehead atoms. The van der Waals surface area contributed by atoms with Gasteiger partial charge in [-0.2, -0.15) is 0 Å². The van der Waals surface area contributed by atoms with Crippen LogP contribution in [0, 0.1) is 0 Å². The minimum absolute atomic E-state index is 0.0716. The van der Waals surface area contributed by atoms with Crippen LogP contribution in [0.4, 0.5) is 4.39 Å². The molecule has 0 aliphatic carbocycles. The first kappa shape index (κ1) is 9.99. The maximum Gasteiger partial charge on any atom is 0.120 e. The van der Waals surface area contributed by atoms with Gasteiger partial charge in [0.25, 0.3) is 0 Å². The molecule has 0 amide bonds. The number of hydrogen-bond acceptors (Lipinski definition) is 2. The molecular weight excluding hydrogens is 169 g/mol. The first-order chi connectivity index (χ1) is 6.19. The molecule has 1 aromatic rings. The highest BCUT2D eigenvalue weighted by atomic mass is 19.1. The molecule has 2 nitrogen and oxygen atoms in total. The Morgan fingerprint density at radius 1 is 1.54 bits per heavy atom. The van der Waals surface area contributed by atoms with Crippen LogP contribution in [0.15, 0.2) is 18.2 Å². The van der Waals surface area contributed by atoms with Gasteiger partial charge in [-0.1, -0.05) is 19.1 Å². The van der Waals surface area contributed by atoms with Gasteiger partial charge in [0.2, 0.25) is 0 Å². The summed E-state index contributed by atoms with van der Waals surface area (Å²) in [5.41, 5.74) is 7.02. The van der Waals surface area contributed by atoms with Gasteiger partial charge in [0.1, 0.15) is 12.4 Å². The van der Waals surface area contributed by atoms with Crippen molar-refractivity contribution in [3.63, 3.8) is 0 Å². The Labute approximate surface area is 77.2 Å². The second-order valence-corrected chi connectivity index (χ2v) is 3.01. The van der Waals surface area contributed by atoms with Gasteiger partial charge in [-0.25, -0.2) is 4.39 Å². The zero-order valence-corrected chi connectivity index (χ0v) is 7.63. The van der Waals surface area contributed by atoms with Crippen LogP contribution in [0.25, 0.3) is 0 Å². The molecule has 3 N–H and O–H groups in total. The molecule has 1 aromatic carbocycles. The third kappa shape index (κ3) is 2.18. The average molecular weight is 183 g/mol. The van der Waals surface area contributed by atoms with E-state index >= 15 is 0 Å². The van der Waals surface area contributed by atoms with E-state index in [1.54, 1.807) is 12.1 Å². The van der Waals surface area contributed by atoms with Gasteiger partial charge in [0.05, 0.1) is 6.04 Å². The van der Waals surface area contributed by atoms with Gasteiger partial charge in [-0.15, -0.1) is 0 Å². The number of benzene rings is 1. The zero-order chi connectivity index (χ0) is 9.84. The van der Waals surface area contributed by atoms with Crippen molar-refractivity contribution in [2.24, 2.45) is 5.73 Å². The van der Waals surface area contributed by atoms with Crippen LogP contribution in [-0.4, -0.2) is 11.8 Å². The molecular formula is C10H14FNO. The molecule has 0 radical (unpaired) electrons. The zero-order valence-electron chi connectivity index (χ0n) is 7.63. The molecule has 0 heterocycles. The van der Waals surface area contributed by atoms with Crippen molar-refractivity contribution in [1.82, 2.24) is 0 Å². The van der Waals surface area contributed by atoms with Crippen molar-refractivity contribution in [2.75, 3.05) is 6.67 Å². The predicted octanol–water partition coefficient (Wildman–Crippen LogP) is 1.92. The molecule has 0 saturated heterocycles. The van der Waals surface area contributed by atoms with Crippen LogP contribution in [0.5, 0.6) is 5.75 Å². The lowest BCUT2D eigenvalue weighted by molar-refractivity contribution is 0.414. The van der Waals surface area contributed by atoms with Crippen LogP contribution in [0.3, 0.4) is 0 Å². The Morgan fingerprint density at radius 3 is 2.77 bits per heavy atom. The topological polar surface area (TPSA) is 46.2 Å². The van der Waals surface area contributed by atoms with E-state index in [2.05, 4.69) is 0 Å². The smallest absolute Gasteiger partial charge is 0.120 e. The molecule has 1 rings (SSSR count). The molecule has 0 spiro atoms. The fourth-order valence-corrected chi connectivity index (χ4v) is 1.20. The number of aromatic hydroxyl groups is 1. The maximum atomic E-state index is 12.3. The number of rotatable bonds is 3. The number of alkyl halides is 1. The van der Waals surface area contributed by atoms with Crippen molar-refractivity contribution in [2.45, 2.75) is 19.4 Å². The van der Waals surface area contributed by atoms with Crippen LogP contribution in [0.1, 0.15) is 24.1 Å². The highest BCUT2D eigenvalue weighted by Crippen LogP contribution is 2.24. The number of phenols is 1. The van der Waals surface area contributed by atoms with E-state index in [0.717, 1.165) is 12.0 Å². The van der Waals surface area contributed by atoms with Gasteiger partial charge in [0, 0.05) is 5.56 Å². The van der Waals surface area contributed by atoms with Crippen LogP contribution >= 0.6 is 0 Å². The number of hydrogen-bond donors (Lipinski definition) is 2. The molecule has 3 heteroatoms. The first-order valence-corrected chi connectivity index (χ1v) is 4.32. The average Bonchev–Trinajstić information content (AvgIpc) is 2.17. The molecule has 1 unspecified atom stereocenters. The van der Waals surface area contributed by atoms with E-state index in [0.29, 0.717) is 5.56 Å². The summed E-state index contributed by atoms with van der Waals surface area (Å²) in [6.45, 7) is 1.35. The maximum absolute atomic E-state index is 12.3. The quantitative estimate of drug-likeness (QED) is 0.752. The third-order valence-electron chi connectivity index (χ3n) is 2.07. The molecule has 72 valence electrons. The van der Waals surface area contributed by atoms with Crippen molar-refractivity contribution >= 4 is 0 Å². The Morgan fingerprint density at radius 2 is 2.23 bits per heavy atom. The van der Waals surface area contributed by atoms with Crippen molar-refractivity contribution in [3.05, 3.63) is 29.3 Å². The molecule has 0 aliphatic rings. The van der Waals surface area contributed by atoms with E-state index in [-0.39, 0.29) is 5.75 Å². The van der Waals surface area contributed by atoms with Crippen LogP contribution < -0.4 is 5.73 Å². The van der Waals surface area contributed by atoms with Gasteiger partial charge in [-0.05, 0) is 18.1 Å². The third-order valence-corrected chi connectivity index (χ3v) is 2.07. The Bertz CT molecular complexity index is 288. The van der Waals surface area contributed by atoms with Crippen molar-refractivity contribution < 1.29 is 9.50 Å². The fraction of sp³-hybridized carbons (Fsp3) is 0.400. The molecule has 1 atom stereocenters. The van der Waals surface area contributed by atoms with E-state index in [1.807, 2.05) is 13.0 Å². The summed E-state index contributed by atoms with van der Waals surface area (Å²) in [6, 6.07) is 4.40. The molecule has 13 heavy (non-hydrogen) atoms. The standard InChI is InChI=1S/C10H14FNO/c1-2-7-3-4-10(13)8(5-7)9(12)6-11/h3-5,9,13H,2,6,12H2,1H3. The Hall–Kier alpha value is -1.09. The second kappa shape index (κ2) is 4.23. The monoisotopic (exact) mass is 183 g/mol. The van der Waals surface area contributed by atoms with Crippen molar-refractivity contribution in [1.29, 1.82) is 0 Å². The number of nitrogens with two attached hydrogens (primary N) is 1. The number of halogens is 1. The lowest BCUT2D eigenvalue weighted by atomic mass is 10.0. The lowest BCUT2D eigenvalue weighted by Crippen LogP contribution is -2.12. The van der Waals surface area contributed by atoms with Crippen LogP contribution in [-0.2, 0) is 6.42 Å². The van der Waals surface area contributed by atoms with Crippen LogP contribution in [0.2, 0.25) is 0 Å². The van der Waals surface area contributed by atoms with Gasteiger partial charge >= 0.3 is 0 Å². The summed E-state index contributed by atoms with van der Waals surface area (Å²) < 4.78 is 12.3. The lowest BCUT2D eigenvalue weighted by Gasteiger charge is -2.10. The molecule has 0 aromatic heterocycles. The highest BCUT2D eigenvalue weighted by molar-refractivity contribution is 5.38. The van der Waals surface area contributed by atoms with E-state index in [9.17, 15) is 9.50 Å². The molecule has 0 saturated carbocycles. The fourth-order valence-electron chi connectivity index (χ4n) is 1.20.